The summed E-state index contributed by atoms with van der Waals surface area (Å²) in [6.45, 7) is 4.11. The molecule has 3 atom stereocenters. The van der Waals surface area contributed by atoms with Gasteiger partial charge in [-0.3, -0.25) is 9.59 Å². The van der Waals surface area contributed by atoms with Crippen molar-refractivity contribution in [2.45, 2.75) is 42.9 Å². The predicted molar refractivity (Wildman–Crippen MR) is 102 cm³/mol. The van der Waals surface area contributed by atoms with Gasteiger partial charge in [0.15, 0.2) is 0 Å². The molecule has 1 aromatic carbocycles. The maximum Gasteiger partial charge on any atom is 0.245 e. The number of hydrogen-bond acceptors (Lipinski definition) is 5. The number of ether oxygens (including phenoxy) is 1. The standard InChI is InChI=1S/C19H23N3O5S/c1-2-17(23)21-19-10-13-7-8-22(11-16(13)27-19)28(25,26)14-4-5-15-12(9-14)3-6-18(24)20-15/h2,4-5,9,13,16,19H,1,3,6-8,10-11H2,(H,20,24)(H,21,23). The third-order valence-corrected chi connectivity index (χ3v) is 7.47. The van der Waals surface area contributed by atoms with Gasteiger partial charge in [-0.1, -0.05) is 6.58 Å². The molecule has 4 rings (SSSR count). The lowest BCUT2D eigenvalue weighted by molar-refractivity contribution is -0.120. The number of nitrogens with zero attached hydrogens (tertiary/aromatic N) is 1. The van der Waals surface area contributed by atoms with E-state index in [0.29, 0.717) is 37.9 Å². The fourth-order valence-corrected chi connectivity index (χ4v) is 5.62. The summed E-state index contributed by atoms with van der Waals surface area (Å²) in [5, 5.41) is 5.49. The summed E-state index contributed by atoms with van der Waals surface area (Å²) in [4.78, 5) is 23.2. The van der Waals surface area contributed by atoms with E-state index in [-0.39, 0.29) is 35.3 Å². The minimum atomic E-state index is -3.66. The Morgan fingerprint density at radius 1 is 1.36 bits per heavy atom. The van der Waals surface area contributed by atoms with Crippen molar-refractivity contribution in [3.8, 4) is 0 Å². The van der Waals surface area contributed by atoms with Gasteiger partial charge in [0.1, 0.15) is 6.23 Å². The van der Waals surface area contributed by atoms with Gasteiger partial charge >= 0.3 is 0 Å². The van der Waals surface area contributed by atoms with Crippen LogP contribution in [0.3, 0.4) is 0 Å². The minimum Gasteiger partial charge on any atom is -0.354 e. The number of sulfonamides is 1. The first kappa shape index (κ1) is 19.1. The molecule has 3 unspecified atom stereocenters. The van der Waals surface area contributed by atoms with E-state index < -0.39 is 16.3 Å². The van der Waals surface area contributed by atoms with Crippen LogP contribution in [0.5, 0.6) is 0 Å². The molecule has 9 heteroatoms. The molecule has 8 nitrogen and oxygen atoms in total. The molecular weight excluding hydrogens is 382 g/mol. The first-order valence-corrected chi connectivity index (χ1v) is 10.8. The highest BCUT2D eigenvalue weighted by molar-refractivity contribution is 7.89. The topological polar surface area (TPSA) is 105 Å². The molecule has 0 spiro atoms. The van der Waals surface area contributed by atoms with Crippen LogP contribution < -0.4 is 10.6 Å². The van der Waals surface area contributed by atoms with E-state index in [4.69, 9.17) is 4.74 Å². The second kappa shape index (κ2) is 7.31. The van der Waals surface area contributed by atoms with Gasteiger partial charge in [0.25, 0.3) is 0 Å². The van der Waals surface area contributed by atoms with Crippen LogP contribution in [0.15, 0.2) is 35.7 Å². The fourth-order valence-electron chi connectivity index (χ4n) is 4.10. The summed E-state index contributed by atoms with van der Waals surface area (Å²) in [5.74, 6) is -0.128. The average molecular weight is 405 g/mol. The van der Waals surface area contributed by atoms with Crippen LogP contribution in [0.25, 0.3) is 0 Å². The fraction of sp³-hybridized carbons (Fsp3) is 0.474. The molecular formula is C19H23N3O5S. The molecule has 3 aliphatic heterocycles. The summed E-state index contributed by atoms with van der Waals surface area (Å²) in [6, 6.07) is 4.84. The number of carbonyl (C=O) groups excluding carboxylic acids is 2. The van der Waals surface area contributed by atoms with Gasteiger partial charge in [-0.05, 0) is 55.0 Å². The van der Waals surface area contributed by atoms with Gasteiger partial charge in [0.2, 0.25) is 21.8 Å². The second-order valence-electron chi connectivity index (χ2n) is 7.39. The van der Waals surface area contributed by atoms with Crippen molar-refractivity contribution in [2.75, 3.05) is 18.4 Å². The van der Waals surface area contributed by atoms with Crippen molar-refractivity contribution in [3.05, 3.63) is 36.4 Å². The van der Waals surface area contributed by atoms with Gasteiger partial charge in [0, 0.05) is 25.2 Å². The number of nitrogens with one attached hydrogen (secondary N) is 2. The van der Waals surface area contributed by atoms with Crippen molar-refractivity contribution in [1.29, 1.82) is 0 Å². The van der Waals surface area contributed by atoms with E-state index in [1.165, 1.54) is 16.4 Å². The second-order valence-corrected chi connectivity index (χ2v) is 9.33. The number of rotatable bonds is 4. The van der Waals surface area contributed by atoms with E-state index in [1.54, 1.807) is 12.1 Å². The first-order chi connectivity index (χ1) is 13.4. The molecule has 2 N–H and O–H groups in total. The van der Waals surface area contributed by atoms with Crippen molar-refractivity contribution in [2.24, 2.45) is 5.92 Å². The molecule has 28 heavy (non-hydrogen) atoms. The summed E-state index contributed by atoms with van der Waals surface area (Å²) < 4.78 is 33.6. The van der Waals surface area contributed by atoms with Crippen molar-refractivity contribution in [3.63, 3.8) is 0 Å². The van der Waals surface area contributed by atoms with Crippen LogP contribution in [0.4, 0.5) is 5.69 Å². The van der Waals surface area contributed by atoms with Gasteiger partial charge in [-0.2, -0.15) is 4.31 Å². The number of anilines is 1. The van der Waals surface area contributed by atoms with Crippen molar-refractivity contribution < 1.29 is 22.7 Å². The Bertz CT molecular complexity index is 929. The van der Waals surface area contributed by atoms with Crippen LogP contribution >= 0.6 is 0 Å². The van der Waals surface area contributed by atoms with E-state index in [1.807, 2.05) is 0 Å². The van der Waals surface area contributed by atoms with Gasteiger partial charge in [-0.25, -0.2) is 8.42 Å². The molecule has 0 bridgehead atoms. The van der Waals surface area contributed by atoms with Crippen LogP contribution in [0, 0.1) is 5.92 Å². The number of carbonyl (C=O) groups is 2. The lowest BCUT2D eigenvalue weighted by Crippen LogP contribution is -2.45. The zero-order chi connectivity index (χ0) is 19.9. The van der Waals surface area contributed by atoms with Gasteiger partial charge < -0.3 is 15.4 Å². The third kappa shape index (κ3) is 3.57. The molecule has 2 saturated heterocycles. The highest BCUT2D eigenvalue weighted by atomic mass is 32.2. The van der Waals surface area contributed by atoms with E-state index in [2.05, 4.69) is 17.2 Å². The Labute approximate surface area is 164 Å². The third-order valence-electron chi connectivity index (χ3n) is 5.61. The Balaban J connectivity index is 1.48. The molecule has 150 valence electrons. The number of aryl methyl sites for hydroxylation is 1. The SMILES string of the molecule is C=CC(=O)NC1CC2CCN(S(=O)(=O)c3ccc4c(c3)CCC(=O)N4)CC2O1. The highest BCUT2D eigenvalue weighted by Gasteiger charge is 2.42. The highest BCUT2D eigenvalue weighted by Crippen LogP contribution is 2.35. The largest absolute Gasteiger partial charge is 0.354 e. The first-order valence-electron chi connectivity index (χ1n) is 9.38. The minimum absolute atomic E-state index is 0.0540. The molecule has 0 aromatic heterocycles. The van der Waals surface area contributed by atoms with Crippen LogP contribution in [0.2, 0.25) is 0 Å². The number of amides is 2. The number of fused-ring (bicyclic) bond motifs is 2. The van der Waals surface area contributed by atoms with Crippen molar-refractivity contribution in [1.82, 2.24) is 9.62 Å². The van der Waals surface area contributed by atoms with Gasteiger partial charge in [-0.15, -0.1) is 0 Å². The average Bonchev–Trinajstić information content (AvgIpc) is 3.08. The zero-order valence-corrected chi connectivity index (χ0v) is 16.2. The Morgan fingerprint density at radius 2 is 2.18 bits per heavy atom. The molecule has 0 aliphatic carbocycles. The molecule has 3 aliphatic rings. The normalized spacial score (nSPS) is 27.4. The van der Waals surface area contributed by atoms with E-state index in [9.17, 15) is 18.0 Å². The van der Waals surface area contributed by atoms with Crippen molar-refractivity contribution >= 4 is 27.5 Å². The molecule has 0 radical (unpaired) electrons. The predicted octanol–water partition coefficient (Wildman–Crippen LogP) is 0.999. The smallest absolute Gasteiger partial charge is 0.245 e. The lowest BCUT2D eigenvalue weighted by atomic mass is 9.94. The summed E-state index contributed by atoms with van der Waals surface area (Å²) in [6.07, 6.45) is 2.80. The summed E-state index contributed by atoms with van der Waals surface area (Å²) in [5.41, 5.74) is 1.51. The summed E-state index contributed by atoms with van der Waals surface area (Å²) >= 11 is 0. The number of benzene rings is 1. The molecule has 3 heterocycles. The van der Waals surface area contributed by atoms with E-state index >= 15 is 0 Å². The molecule has 0 saturated carbocycles. The maximum atomic E-state index is 13.1. The zero-order valence-electron chi connectivity index (χ0n) is 15.4. The lowest BCUT2D eigenvalue weighted by Gasteiger charge is -2.33. The van der Waals surface area contributed by atoms with E-state index in [0.717, 1.165) is 5.56 Å². The number of piperidine rings is 1. The number of hydrogen-bond donors (Lipinski definition) is 2. The van der Waals surface area contributed by atoms with Crippen LogP contribution in [0.1, 0.15) is 24.8 Å². The maximum absolute atomic E-state index is 13.1. The Hall–Kier alpha value is -2.23. The molecule has 2 amide bonds. The monoisotopic (exact) mass is 405 g/mol. The molecule has 1 aromatic rings. The van der Waals surface area contributed by atoms with Crippen LogP contribution in [-0.4, -0.2) is 50.0 Å². The Kier molecular flexibility index (Phi) is 4.98. The quantitative estimate of drug-likeness (QED) is 0.727. The van der Waals surface area contributed by atoms with Crippen LogP contribution in [-0.2, 0) is 30.8 Å². The summed E-state index contributed by atoms with van der Waals surface area (Å²) in [7, 11) is -3.66. The Morgan fingerprint density at radius 3 is 2.96 bits per heavy atom. The molecule has 2 fully saturated rings. The van der Waals surface area contributed by atoms with Gasteiger partial charge in [0.05, 0.1) is 11.0 Å².